The third-order valence-electron chi connectivity index (χ3n) is 6.18. The van der Waals surface area contributed by atoms with Gasteiger partial charge in [0.1, 0.15) is 11.6 Å². The van der Waals surface area contributed by atoms with Crippen LogP contribution in [-0.4, -0.2) is 55.0 Å². The minimum Gasteiger partial charge on any atom is -0.373 e. The third-order valence-corrected chi connectivity index (χ3v) is 6.42. The van der Waals surface area contributed by atoms with Crippen LogP contribution in [0.5, 0.6) is 0 Å². The van der Waals surface area contributed by atoms with Gasteiger partial charge >= 0.3 is 0 Å². The number of nitrogens with zero attached hydrogens (tertiary/aromatic N) is 5. The number of ether oxygens (including phenoxy) is 1. The lowest BCUT2D eigenvalue weighted by atomic mass is 10.0. The van der Waals surface area contributed by atoms with Crippen LogP contribution in [0.1, 0.15) is 42.1 Å². The lowest BCUT2D eigenvalue weighted by molar-refractivity contribution is -0.0709. The molecule has 8 nitrogen and oxygen atoms in total. The van der Waals surface area contributed by atoms with Gasteiger partial charge in [0.2, 0.25) is 0 Å². The quantitative estimate of drug-likeness (QED) is 0.398. The molecule has 1 aliphatic heterocycles. The molecule has 35 heavy (non-hydrogen) atoms. The summed E-state index contributed by atoms with van der Waals surface area (Å²) in [4.78, 5) is 7.24. The number of morpholine rings is 1. The van der Waals surface area contributed by atoms with Crippen LogP contribution >= 0.6 is 11.6 Å². The Morgan fingerprint density at radius 2 is 1.91 bits per heavy atom. The lowest BCUT2D eigenvalue weighted by Crippen LogP contribution is -2.45. The van der Waals surface area contributed by atoms with E-state index in [1.165, 1.54) is 6.07 Å². The molecule has 2 atom stereocenters. The topological polar surface area (TPSA) is 83.4 Å². The molecule has 1 fully saturated rings. The fourth-order valence-electron chi connectivity index (χ4n) is 4.72. The zero-order chi connectivity index (χ0) is 24.7. The number of hydrogen-bond acceptors (Lipinski definition) is 6. The van der Waals surface area contributed by atoms with E-state index in [0.717, 1.165) is 35.7 Å². The molecule has 2 unspecified atom stereocenters. The van der Waals surface area contributed by atoms with Crippen LogP contribution in [0.25, 0.3) is 5.65 Å². The number of aryl methyl sites for hydroxylation is 2. The Bertz CT molecular complexity index is 1360. The van der Waals surface area contributed by atoms with Crippen molar-refractivity contribution in [3.63, 3.8) is 0 Å². The van der Waals surface area contributed by atoms with Gasteiger partial charge < -0.3 is 10.1 Å². The van der Waals surface area contributed by atoms with Crippen molar-refractivity contribution in [1.29, 1.82) is 0 Å². The molecule has 0 saturated carbocycles. The first-order chi connectivity index (χ1) is 16.7. The molecule has 0 aliphatic carbocycles. The Morgan fingerprint density at radius 3 is 2.60 bits per heavy atom. The van der Waals surface area contributed by atoms with E-state index < -0.39 is 0 Å². The smallest absolute Gasteiger partial charge is 0.161 e. The SMILES string of the molecule is Cc1cc(Nc2cc(CN3CC(C)OC(C)C3)n3nc(C)c(Cc4ccc(Cl)cc4F)c3n2)n[nH]1. The molecule has 10 heteroatoms. The number of fused-ring (bicyclic) bond motifs is 1. The van der Waals surface area contributed by atoms with Gasteiger partial charge in [-0.2, -0.15) is 10.2 Å². The van der Waals surface area contributed by atoms with E-state index in [9.17, 15) is 4.39 Å². The van der Waals surface area contributed by atoms with E-state index in [1.807, 2.05) is 30.5 Å². The van der Waals surface area contributed by atoms with Gasteiger partial charge in [-0.3, -0.25) is 10.00 Å². The summed E-state index contributed by atoms with van der Waals surface area (Å²) >= 11 is 5.96. The monoisotopic (exact) mass is 497 g/mol. The molecule has 4 aromatic rings. The zero-order valence-electron chi connectivity index (χ0n) is 20.3. The van der Waals surface area contributed by atoms with Crippen LogP contribution in [0, 0.1) is 19.7 Å². The van der Waals surface area contributed by atoms with Gasteiger partial charge in [-0.25, -0.2) is 13.9 Å². The number of rotatable bonds is 6. The number of nitrogens with one attached hydrogen (secondary N) is 2. The minimum atomic E-state index is -0.339. The number of aromatic amines is 1. The lowest BCUT2D eigenvalue weighted by Gasteiger charge is -2.35. The Balaban J connectivity index is 1.56. The minimum absolute atomic E-state index is 0.156. The molecule has 184 valence electrons. The van der Waals surface area contributed by atoms with Crippen LogP contribution in [0.2, 0.25) is 5.02 Å². The largest absolute Gasteiger partial charge is 0.373 e. The highest BCUT2D eigenvalue weighted by Gasteiger charge is 2.24. The number of hydrogen-bond donors (Lipinski definition) is 2. The van der Waals surface area contributed by atoms with Crippen molar-refractivity contribution in [2.45, 2.75) is 52.9 Å². The number of halogens is 2. The molecule has 1 aliphatic rings. The molecule has 2 N–H and O–H groups in total. The summed E-state index contributed by atoms with van der Waals surface area (Å²) < 4.78 is 22.4. The molecular formula is C25H29ClFN7O. The highest BCUT2D eigenvalue weighted by Crippen LogP contribution is 2.26. The molecule has 0 radical (unpaired) electrons. The van der Waals surface area contributed by atoms with Crippen LogP contribution in [0.4, 0.5) is 16.0 Å². The molecule has 1 aromatic carbocycles. The molecule has 5 rings (SSSR count). The van der Waals surface area contributed by atoms with E-state index >= 15 is 0 Å². The number of H-pyrrole nitrogens is 1. The van der Waals surface area contributed by atoms with Crippen molar-refractivity contribution in [3.05, 3.63) is 69.4 Å². The first kappa shape index (κ1) is 23.7. The summed E-state index contributed by atoms with van der Waals surface area (Å²) in [6, 6.07) is 8.67. The average Bonchev–Trinajstić information content (AvgIpc) is 3.32. The maximum atomic E-state index is 14.6. The van der Waals surface area contributed by atoms with Gasteiger partial charge in [0.05, 0.1) is 23.6 Å². The molecule has 0 spiro atoms. The highest BCUT2D eigenvalue weighted by atomic mass is 35.5. The Hall–Kier alpha value is -3.01. The molecule has 4 heterocycles. The van der Waals surface area contributed by atoms with E-state index in [1.54, 1.807) is 12.1 Å². The summed E-state index contributed by atoms with van der Waals surface area (Å²) in [5.41, 5.74) is 4.86. The van der Waals surface area contributed by atoms with Crippen molar-refractivity contribution >= 4 is 28.9 Å². The van der Waals surface area contributed by atoms with Crippen molar-refractivity contribution in [1.82, 2.24) is 29.7 Å². The summed E-state index contributed by atoms with van der Waals surface area (Å²) in [6.45, 7) is 10.4. The van der Waals surface area contributed by atoms with E-state index in [4.69, 9.17) is 26.4 Å². The summed E-state index contributed by atoms with van der Waals surface area (Å²) in [7, 11) is 0. The Morgan fingerprint density at radius 1 is 1.14 bits per heavy atom. The summed E-state index contributed by atoms with van der Waals surface area (Å²) in [5, 5.41) is 15.7. The van der Waals surface area contributed by atoms with Gasteiger partial charge in [0, 0.05) is 54.5 Å². The number of anilines is 2. The number of aromatic nitrogens is 5. The predicted octanol–water partition coefficient (Wildman–Crippen LogP) is 4.81. The molecule has 1 saturated heterocycles. The molecule has 0 amide bonds. The molecule has 0 bridgehead atoms. The summed E-state index contributed by atoms with van der Waals surface area (Å²) in [6.07, 6.45) is 0.675. The van der Waals surface area contributed by atoms with Crippen LogP contribution < -0.4 is 5.32 Å². The van der Waals surface area contributed by atoms with Crippen LogP contribution in [0.3, 0.4) is 0 Å². The first-order valence-corrected chi connectivity index (χ1v) is 12.1. The average molecular weight is 498 g/mol. The summed E-state index contributed by atoms with van der Waals surface area (Å²) in [5.74, 6) is 1.00. The van der Waals surface area contributed by atoms with Gasteiger partial charge in [0.15, 0.2) is 11.5 Å². The first-order valence-electron chi connectivity index (χ1n) is 11.7. The second-order valence-electron chi connectivity index (χ2n) is 9.36. The predicted molar refractivity (Wildman–Crippen MR) is 134 cm³/mol. The highest BCUT2D eigenvalue weighted by molar-refractivity contribution is 6.30. The second-order valence-corrected chi connectivity index (χ2v) is 9.79. The molecule has 3 aromatic heterocycles. The van der Waals surface area contributed by atoms with Crippen molar-refractivity contribution in [2.75, 3.05) is 18.4 Å². The fraction of sp³-hybridized carbons (Fsp3) is 0.400. The maximum Gasteiger partial charge on any atom is 0.161 e. The van der Waals surface area contributed by atoms with Gasteiger partial charge in [-0.05, 0) is 45.4 Å². The van der Waals surface area contributed by atoms with Crippen molar-refractivity contribution in [2.24, 2.45) is 0 Å². The van der Waals surface area contributed by atoms with E-state index in [-0.39, 0.29) is 18.0 Å². The van der Waals surface area contributed by atoms with E-state index in [0.29, 0.717) is 40.8 Å². The molecular weight excluding hydrogens is 469 g/mol. The van der Waals surface area contributed by atoms with Gasteiger partial charge in [-0.1, -0.05) is 17.7 Å². The third kappa shape index (κ3) is 5.17. The Labute approximate surface area is 208 Å². The normalized spacial score (nSPS) is 18.9. The fourth-order valence-corrected chi connectivity index (χ4v) is 4.88. The maximum absolute atomic E-state index is 14.6. The van der Waals surface area contributed by atoms with Crippen LogP contribution in [-0.2, 0) is 17.7 Å². The van der Waals surface area contributed by atoms with Crippen LogP contribution in [0.15, 0.2) is 30.3 Å². The Kier molecular flexibility index (Phi) is 6.48. The van der Waals surface area contributed by atoms with Crippen molar-refractivity contribution in [3.8, 4) is 0 Å². The van der Waals surface area contributed by atoms with E-state index in [2.05, 4.69) is 34.3 Å². The van der Waals surface area contributed by atoms with Gasteiger partial charge in [0.25, 0.3) is 0 Å². The zero-order valence-corrected chi connectivity index (χ0v) is 21.0. The van der Waals surface area contributed by atoms with Gasteiger partial charge in [-0.15, -0.1) is 0 Å². The van der Waals surface area contributed by atoms with Crippen molar-refractivity contribution < 1.29 is 9.13 Å². The second kappa shape index (κ2) is 9.56. The number of benzene rings is 1. The standard InChI is InChI=1S/C25H29ClFN7O/c1-14-7-24(31-30-14)28-23-10-20(13-33-11-15(2)35-16(3)12-33)34-25(29-23)21(17(4)32-34)8-18-5-6-19(26)9-22(18)27/h5-7,9-10,15-16H,8,11-13H2,1-4H3,(H2,28,29,30,31).